The van der Waals surface area contributed by atoms with E-state index in [-0.39, 0.29) is 11.6 Å². The number of nitrogens with one attached hydrogen (secondary N) is 1. The third-order valence-corrected chi connectivity index (χ3v) is 2.32. The molecule has 3 amide bonds. The standard InChI is InChI=1S/C10H19N3O2/c1-10(2,3)12-9(15)13-6-4-5-7(13)8(11)14/h7H,4-6H2,1-3H3,(H2,11,14)(H,12,15)/t7-/m0/s1. The number of nitrogens with two attached hydrogens (primary N) is 1. The van der Waals surface area contributed by atoms with Crippen molar-refractivity contribution in [2.45, 2.75) is 45.2 Å². The van der Waals surface area contributed by atoms with Crippen molar-refractivity contribution in [3.63, 3.8) is 0 Å². The van der Waals surface area contributed by atoms with E-state index in [1.807, 2.05) is 20.8 Å². The highest BCUT2D eigenvalue weighted by molar-refractivity contribution is 5.86. The predicted octanol–water partition coefficient (Wildman–Crippen LogP) is 0.444. The van der Waals surface area contributed by atoms with Gasteiger partial charge in [0, 0.05) is 12.1 Å². The fourth-order valence-corrected chi connectivity index (χ4v) is 1.70. The molecule has 15 heavy (non-hydrogen) atoms. The molecule has 0 radical (unpaired) electrons. The summed E-state index contributed by atoms with van der Waals surface area (Å²) in [5.74, 6) is -0.420. The first-order valence-corrected chi connectivity index (χ1v) is 5.19. The fourth-order valence-electron chi connectivity index (χ4n) is 1.70. The summed E-state index contributed by atoms with van der Waals surface area (Å²) < 4.78 is 0. The quantitative estimate of drug-likeness (QED) is 0.663. The van der Waals surface area contributed by atoms with E-state index in [2.05, 4.69) is 5.32 Å². The molecular formula is C10H19N3O2. The molecule has 1 saturated heterocycles. The maximum atomic E-state index is 11.8. The van der Waals surface area contributed by atoms with Crippen LogP contribution in [-0.2, 0) is 4.79 Å². The SMILES string of the molecule is CC(C)(C)NC(=O)N1CCC[C@H]1C(N)=O. The molecule has 5 heteroatoms. The maximum absolute atomic E-state index is 11.8. The number of hydrogen-bond acceptors (Lipinski definition) is 2. The summed E-state index contributed by atoms with van der Waals surface area (Å²) in [5.41, 5.74) is 4.94. The third kappa shape index (κ3) is 3.11. The Morgan fingerprint density at radius 2 is 2.00 bits per heavy atom. The summed E-state index contributed by atoms with van der Waals surface area (Å²) in [5, 5.41) is 2.83. The van der Waals surface area contributed by atoms with Crippen LogP contribution in [0.25, 0.3) is 0 Å². The molecule has 5 nitrogen and oxygen atoms in total. The number of hydrogen-bond donors (Lipinski definition) is 2. The van der Waals surface area contributed by atoms with E-state index < -0.39 is 11.9 Å². The molecule has 1 rings (SSSR count). The number of carbonyl (C=O) groups excluding carboxylic acids is 2. The van der Waals surface area contributed by atoms with Gasteiger partial charge in [-0.3, -0.25) is 4.79 Å². The summed E-state index contributed by atoms with van der Waals surface area (Å²) >= 11 is 0. The van der Waals surface area contributed by atoms with Gasteiger partial charge in [0.25, 0.3) is 0 Å². The first-order chi connectivity index (χ1) is 6.81. The van der Waals surface area contributed by atoms with Crippen LogP contribution in [-0.4, -0.2) is 35.0 Å². The zero-order valence-corrected chi connectivity index (χ0v) is 9.54. The summed E-state index contributed by atoms with van der Waals surface area (Å²) in [6, 6.07) is -0.642. The van der Waals surface area contributed by atoms with Crippen LogP contribution < -0.4 is 11.1 Å². The molecule has 0 unspecified atom stereocenters. The molecule has 1 aliphatic heterocycles. The van der Waals surface area contributed by atoms with Gasteiger partial charge in [0.05, 0.1) is 0 Å². The van der Waals surface area contributed by atoms with E-state index in [1.165, 1.54) is 4.90 Å². The van der Waals surface area contributed by atoms with E-state index in [0.717, 1.165) is 6.42 Å². The molecule has 0 aliphatic carbocycles. The molecule has 0 bridgehead atoms. The van der Waals surface area contributed by atoms with Crippen LogP contribution in [0.1, 0.15) is 33.6 Å². The Balaban J connectivity index is 2.63. The van der Waals surface area contributed by atoms with Crippen LogP contribution in [0, 0.1) is 0 Å². The lowest BCUT2D eigenvalue weighted by molar-refractivity contribution is -0.121. The Kier molecular flexibility index (Phi) is 3.21. The molecule has 1 aliphatic rings. The highest BCUT2D eigenvalue weighted by Gasteiger charge is 2.33. The summed E-state index contributed by atoms with van der Waals surface area (Å²) in [6.45, 7) is 6.32. The second kappa shape index (κ2) is 4.08. The van der Waals surface area contributed by atoms with Gasteiger partial charge in [-0.05, 0) is 33.6 Å². The van der Waals surface area contributed by atoms with Gasteiger partial charge in [0.15, 0.2) is 0 Å². The number of rotatable bonds is 1. The van der Waals surface area contributed by atoms with E-state index in [1.54, 1.807) is 0 Å². The van der Waals surface area contributed by atoms with Gasteiger partial charge in [-0.1, -0.05) is 0 Å². The predicted molar refractivity (Wildman–Crippen MR) is 57.2 cm³/mol. The lowest BCUT2D eigenvalue weighted by Crippen LogP contribution is -2.52. The Labute approximate surface area is 90.0 Å². The number of nitrogens with zero attached hydrogens (tertiary/aromatic N) is 1. The topological polar surface area (TPSA) is 75.4 Å². The molecule has 0 saturated carbocycles. The van der Waals surface area contributed by atoms with Crippen LogP contribution in [0.5, 0.6) is 0 Å². The highest BCUT2D eigenvalue weighted by Crippen LogP contribution is 2.17. The normalized spacial score (nSPS) is 21.5. The van der Waals surface area contributed by atoms with Crippen molar-refractivity contribution in [3.8, 4) is 0 Å². The molecule has 86 valence electrons. The van der Waals surface area contributed by atoms with E-state index >= 15 is 0 Å². The minimum atomic E-state index is -0.438. The largest absolute Gasteiger partial charge is 0.368 e. The second-order valence-electron chi connectivity index (χ2n) is 4.93. The van der Waals surface area contributed by atoms with E-state index in [0.29, 0.717) is 13.0 Å². The third-order valence-electron chi connectivity index (χ3n) is 2.32. The van der Waals surface area contributed by atoms with Gasteiger partial charge >= 0.3 is 6.03 Å². The first kappa shape index (κ1) is 11.8. The number of carbonyl (C=O) groups is 2. The monoisotopic (exact) mass is 213 g/mol. The van der Waals surface area contributed by atoms with E-state index in [4.69, 9.17) is 5.73 Å². The molecule has 1 atom stereocenters. The Morgan fingerprint density at radius 1 is 1.40 bits per heavy atom. The van der Waals surface area contributed by atoms with E-state index in [9.17, 15) is 9.59 Å². The summed E-state index contributed by atoms with van der Waals surface area (Å²) in [4.78, 5) is 24.4. The van der Waals surface area contributed by atoms with Crippen molar-refractivity contribution < 1.29 is 9.59 Å². The molecule has 0 spiro atoms. The fraction of sp³-hybridized carbons (Fsp3) is 0.800. The van der Waals surface area contributed by atoms with Crippen molar-refractivity contribution in [1.82, 2.24) is 10.2 Å². The Morgan fingerprint density at radius 3 is 2.47 bits per heavy atom. The Hall–Kier alpha value is -1.26. The van der Waals surface area contributed by atoms with Crippen LogP contribution in [0.3, 0.4) is 0 Å². The average molecular weight is 213 g/mol. The molecule has 0 aromatic carbocycles. The van der Waals surface area contributed by atoms with Gasteiger partial charge in [-0.15, -0.1) is 0 Å². The van der Waals surface area contributed by atoms with Gasteiger partial charge in [-0.25, -0.2) is 4.79 Å². The lowest BCUT2D eigenvalue weighted by atomic mass is 10.1. The number of amides is 3. The van der Waals surface area contributed by atoms with Gasteiger partial charge in [-0.2, -0.15) is 0 Å². The summed E-state index contributed by atoms with van der Waals surface area (Å²) in [7, 11) is 0. The summed E-state index contributed by atoms with van der Waals surface area (Å²) in [6.07, 6.45) is 1.51. The Bertz CT molecular complexity index is 270. The highest BCUT2D eigenvalue weighted by atomic mass is 16.2. The number of urea groups is 1. The smallest absolute Gasteiger partial charge is 0.318 e. The molecule has 1 heterocycles. The van der Waals surface area contributed by atoms with Crippen molar-refractivity contribution in [2.24, 2.45) is 5.73 Å². The zero-order chi connectivity index (χ0) is 11.6. The van der Waals surface area contributed by atoms with Crippen molar-refractivity contribution in [1.29, 1.82) is 0 Å². The maximum Gasteiger partial charge on any atom is 0.318 e. The van der Waals surface area contributed by atoms with Gasteiger partial charge in [0.2, 0.25) is 5.91 Å². The number of likely N-dealkylation sites (tertiary alicyclic amines) is 1. The van der Waals surface area contributed by atoms with Crippen LogP contribution in [0.2, 0.25) is 0 Å². The molecular weight excluding hydrogens is 194 g/mol. The minimum absolute atomic E-state index is 0.205. The van der Waals surface area contributed by atoms with Crippen LogP contribution in [0.15, 0.2) is 0 Å². The van der Waals surface area contributed by atoms with Crippen LogP contribution in [0.4, 0.5) is 4.79 Å². The molecule has 3 N–H and O–H groups in total. The lowest BCUT2D eigenvalue weighted by Gasteiger charge is -2.28. The zero-order valence-electron chi connectivity index (χ0n) is 9.54. The van der Waals surface area contributed by atoms with Crippen molar-refractivity contribution >= 4 is 11.9 Å². The molecule has 0 aromatic rings. The number of primary amides is 1. The molecule has 0 aromatic heterocycles. The first-order valence-electron chi connectivity index (χ1n) is 5.19. The molecule has 1 fully saturated rings. The second-order valence-corrected chi connectivity index (χ2v) is 4.93. The minimum Gasteiger partial charge on any atom is -0.368 e. The van der Waals surface area contributed by atoms with Crippen molar-refractivity contribution in [2.75, 3.05) is 6.54 Å². The average Bonchev–Trinajstić information content (AvgIpc) is 2.47. The van der Waals surface area contributed by atoms with Gasteiger partial charge in [0.1, 0.15) is 6.04 Å². The van der Waals surface area contributed by atoms with Gasteiger partial charge < -0.3 is 16.0 Å². The van der Waals surface area contributed by atoms with Crippen molar-refractivity contribution in [3.05, 3.63) is 0 Å². The van der Waals surface area contributed by atoms with Crippen LogP contribution >= 0.6 is 0 Å².